The number of rotatable bonds is 0. The summed E-state index contributed by atoms with van der Waals surface area (Å²) < 4.78 is 0. The fourth-order valence-corrected chi connectivity index (χ4v) is 1.39. The Hall–Kier alpha value is -1.10. The van der Waals surface area contributed by atoms with Gasteiger partial charge < -0.3 is 5.11 Å². The van der Waals surface area contributed by atoms with Crippen LogP contribution in [0.25, 0.3) is 0 Å². The van der Waals surface area contributed by atoms with E-state index in [9.17, 15) is 9.59 Å². The Bertz CT molecular complexity index is 229. The zero-order valence-corrected chi connectivity index (χ0v) is 7.86. The van der Waals surface area contributed by atoms with Crippen molar-refractivity contribution in [1.29, 1.82) is 0 Å². The van der Waals surface area contributed by atoms with Gasteiger partial charge in [0.15, 0.2) is 0 Å². The van der Waals surface area contributed by atoms with Crippen molar-refractivity contribution in [2.24, 2.45) is 0 Å². The van der Waals surface area contributed by atoms with Gasteiger partial charge in [-0.2, -0.15) is 0 Å². The molecule has 2 amide bonds. The third kappa shape index (κ3) is 1.98. The highest BCUT2D eigenvalue weighted by Crippen LogP contribution is 2.09. The molecule has 5 heteroatoms. The van der Waals surface area contributed by atoms with Gasteiger partial charge in [-0.3, -0.25) is 9.69 Å². The lowest BCUT2D eigenvalue weighted by Gasteiger charge is -2.21. The van der Waals surface area contributed by atoms with Crippen molar-refractivity contribution in [3.05, 3.63) is 0 Å². The maximum atomic E-state index is 11.5. The summed E-state index contributed by atoms with van der Waals surface area (Å²) in [5.41, 5.74) is 0. The Balaban J connectivity index is 2.78. The fourth-order valence-electron chi connectivity index (χ4n) is 1.39. The first-order chi connectivity index (χ1) is 6.04. The first-order valence-electron chi connectivity index (χ1n) is 4.28. The van der Waals surface area contributed by atoms with Gasteiger partial charge >= 0.3 is 6.09 Å². The molecule has 0 radical (unpaired) electrons. The Labute approximate surface area is 76.9 Å². The Morgan fingerprint density at radius 1 is 1.54 bits per heavy atom. The average molecular weight is 186 g/mol. The van der Waals surface area contributed by atoms with Crippen LogP contribution in [0.1, 0.15) is 13.3 Å². The monoisotopic (exact) mass is 186 g/mol. The second kappa shape index (κ2) is 3.74. The van der Waals surface area contributed by atoms with Crippen molar-refractivity contribution in [3.8, 4) is 0 Å². The second-order valence-electron chi connectivity index (χ2n) is 3.28. The summed E-state index contributed by atoms with van der Waals surface area (Å²) >= 11 is 0. The van der Waals surface area contributed by atoms with Crippen LogP contribution in [0.3, 0.4) is 0 Å². The predicted molar refractivity (Wildman–Crippen MR) is 46.4 cm³/mol. The number of imide groups is 1. The molecule has 0 saturated carbocycles. The van der Waals surface area contributed by atoms with Gasteiger partial charge in [0.05, 0.1) is 6.04 Å². The van der Waals surface area contributed by atoms with Gasteiger partial charge in [0.25, 0.3) is 0 Å². The van der Waals surface area contributed by atoms with E-state index in [2.05, 4.69) is 0 Å². The molecule has 1 unspecified atom stereocenters. The van der Waals surface area contributed by atoms with E-state index >= 15 is 0 Å². The lowest BCUT2D eigenvalue weighted by Crippen LogP contribution is -2.44. The van der Waals surface area contributed by atoms with E-state index in [1.807, 2.05) is 11.9 Å². The number of carboxylic acid groups (broad SMARTS) is 1. The molecule has 1 fully saturated rings. The molecular formula is C8H14N2O3. The highest BCUT2D eigenvalue weighted by molar-refractivity contribution is 5.94. The van der Waals surface area contributed by atoms with Gasteiger partial charge in [-0.25, -0.2) is 9.69 Å². The van der Waals surface area contributed by atoms with E-state index in [0.29, 0.717) is 13.0 Å². The number of carbonyl (C=O) groups is 2. The number of hydrogen-bond donors (Lipinski definition) is 1. The smallest absolute Gasteiger partial charge is 0.414 e. The molecule has 1 heterocycles. The summed E-state index contributed by atoms with van der Waals surface area (Å²) in [4.78, 5) is 24.9. The molecule has 0 aromatic rings. The number of carbonyl (C=O) groups excluding carboxylic acids is 1. The average Bonchev–Trinajstić information content (AvgIpc) is 2.18. The minimum atomic E-state index is -1.15. The molecule has 1 atom stereocenters. The quantitative estimate of drug-likeness (QED) is 0.587. The molecule has 0 bridgehead atoms. The van der Waals surface area contributed by atoms with E-state index in [0.717, 1.165) is 11.4 Å². The van der Waals surface area contributed by atoms with Crippen molar-refractivity contribution >= 4 is 12.0 Å². The van der Waals surface area contributed by atoms with E-state index in [1.54, 1.807) is 6.92 Å². The van der Waals surface area contributed by atoms with Crippen LogP contribution in [-0.2, 0) is 4.79 Å². The number of nitrogens with zero attached hydrogens (tertiary/aromatic N) is 2. The first kappa shape index (κ1) is 9.98. The number of amides is 2. The second-order valence-corrected chi connectivity index (χ2v) is 3.28. The normalized spacial score (nSPS) is 25.8. The largest absolute Gasteiger partial charge is 0.465 e. The molecule has 0 aromatic heterocycles. The van der Waals surface area contributed by atoms with Gasteiger partial charge in [-0.15, -0.1) is 0 Å². The van der Waals surface area contributed by atoms with Crippen LogP contribution in [0.4, 0.5) is 4.79 Å². The zero-order chi connectivity index (χ0) is 10.0. The van der Waals surface area contributed by atoms with Crippen LogP contribution in [-0.4, -0.2) is 53.1 Å². The van der Waals surface area contributed by atoms with Crippen LogP contribution in [0.5, 0.6) is 0 Å². The van der Waals surface area contributed by atoms with Crippen LogP contribution in [0.15, 0.2) is 0 Å². The van der Waals surface area contributed by atoms with E-state index in [1.165, 1.54) is 0 Å². The van der Waals surface area contributed by atoms with E-state index < -0.39 is 6.09 Å². The molecule has 1 saturated heterocycles. The molecule has 0 aliphatic carbocycles. The maximum Gasteiger partial charge on any atom is 0.414 e. The van der Waals surface area contributed by atoms with Crippen LogP contribution in [0.2, 0.25) is 0 Å². The highest BCUT2D eigenvalue weighted by atomic mass is 16.4. The number of hydrogen-bond acceptors (Lipinski definition) is 3. The van der Waals surface area contributed by atoms with Crippen molar-refractivity contribution < 1.29 is 14.7 Å². The van der Waals surface area contributed by atoms with Crippen molar-refractivity contribution in [1.82, 2.24) is 9.80 Å². The number of likely N-dealkylation sites (N-methyl/N-ethyl adjacent to an activating group) is 1. The summed E-state index contributed by atoms with van der Waals surface area (Å²) in [6.45, 7) is 2.79. The van der Waals surface area contributed by atoms with Gasteiger partial charge in [0.1, 0.15) is 0 Å². The van der Waals surface area contributed by atoms with E-state index in [-0.39, 0.29) is 11.9 Å². The lowest BCUT2D eigenvalue weighted by molar-refractivity contribution is -0.132. The van der Waals surface area contributed by atoms with Gasteiger partial charge in [-0.05, 0) is 20.4 Å². The first-order valence-corrected chi connectivity index (χ1v) is 4.28. The molecule has 13 heavy (non-hydrogen) atoms. The molecule has 74 valence electrons. The molecule has 1 rings (SSSR count). The van der Waals surface area contributed by atoms with Gasteiger partial charge in [-0.1, -0.05) is 0 Å². The van der Waals surface area contributed by atoms with Crippen molar-refractivity contribution in [3.63, 3.8) is 0 Å². The predicted octanol–water partition coefficient (Wildman–Crippen LogP) is 0.217. The standard InChI is InChI=1S/C8H14N2O3/c1-6-7(11)10(8(12)13)5-3-4-9(6)2/h6H,3-5H2,1-2H3,(H,12,13). The molecule has 1 N–H and O–H groups in total. The Kier molecular flexibility index (Phi) is 2.87. The summed E-state index contributed by atoms with van der Waals surface area (Å²) in [5.74, 6) is -0.326. The van der Waals surface area contributed by atoms with E-state index in [4.69, 9.17) is 5.11 Å². The summed E-state index contributed by atoms with van der Waals surface area (Å²) in [7, 11) is 1.83. The Morgan fingerprint density at radius 2 is 2.15 bits per heavy atom. The minimum Gasteiger partial charge on any atom is -0.465 e. The Morgan fingerprint density at radius 3 is 2.69 bits per heavy atom. The fraction of sp³-hybridized carbons (Fsp3) is 0.750. The maximum absolute atomic E-state index is 11.5. The van der Waals surface area contributed by atoms with Crippen molar-refractivity contribution in [2.75, 3.05) is 20.1 Å². The minimum absolute atomic E-state index is 0.308. The third-order valence-electron chi connectivity index (χ3n) is 2.41. The van der Waals surface area contributed by atoms with Crippen LogP contribution < -0.4 is 0 Å². The highest BCUT2D eigenvalue weighted by Gasteiger charge is 2.30. The summed E-state index contributed by atoms with van der Waals surface area (Å²) in [5, 5.41) is 8.72. The topological polar surface area (TPSA) is 60.9 Å². The van der Waals surface area contributed by atoms with Crippen molar-refractivity contribution in [2.45, 2.75) is 19.4 Å². The summed E-state index contributed by atoms with van der Waals surface area (Å²) in [6, 6.07) is -0.335. The molecule has 1 aliphatic rings. The molecule has 5 nitrogen and oxygen atoms in total. The summed E-state index contributed by atoms with van der Waals surface area (Å²) in [6.07, 6.45) is -0.439. The molecule has 0 spiro atoms. The lowest BCUT2D eigenvalue weighted by atomic mass is 10.3. The van der Waals surface area contributed by atoms with Gasteiger partial charge in [0.2, 0.25) is 5.91 Å². The zero-order valence-electron chi connectivity index (χ0n) is 7.86. The SMILES string of the molecule is CC1C(=O)N(C(=O)O)CCCN1C. The molecule has 0 aromatic carbocycles. The van der Waals surface area contributed by atoms with Gasteiger partial charge in [0, 0.05) is 13.1 Å². The molecular weight excluding hydrogens is 172 g/mol. The van der Waals surface area contributed by atoms with Crippen LogP contribution in [0, 0.1) is 0 Å². The van der Waals surface area contributed by atoms with Crippen LogP contribution >= 0.6 is 0 Å². The third-order valence-corrected chi connectivity index (χ3v) is 2.41. The molecule has 1 aliphatic heterocycles.